The zero-order chi connectivity index (χ0) is 20.0. The Morgan fingerprint density at radius 2 is 1.70 bits per heavy atom. The molecule has 2 rings (SSSR count). The molecule has 0 radical (unpaired) electrons. The summed E-state index contributed by atoms with van der Waals surface area (Å²) in [6, 6.07) is 6.53. The first kappa shape index (κ1) is 20.9. The minimum atomic E-state index is -0.894. The molecule has 0 bridgehead atoms. The molecule has 148 valence electrons. The first-order valence-electron chi connectivity index (χ1n) is 9.67. The van der Waals surface area contributed by atoms with Gasteiger partial charge in [0.1, 0.15) is 6.04 Å². The van der Waals surface area contributed by atoms with E-state index in [0.717, 1.165) is 31.2 Å². The van der Waals surface area contributed by atoms with E-state index in [4.69, 9.17) is 4.74 Å². The zero-order valence-electron chi connectivity index (χ0n) is 16.6. The van der Waals surface area contributed by atoms with Gasteiger partial charge in [0, 0.05) is 11.6 Å². The van der Waals surface area contributed by atoms with Crippen LogP contribution in [0.4, 0.5) is 0 Å². The molecule has 0 saturated heterocycles. The highest BCUT2D eigenvalue weighted by molar-refractivity contribution is 5.98. The molecule has 1 aliphatic carbocycles. The molecule has 1 fully saturated rings. The van der Waals surface area contributed by atoms with Gasteiger partial charge in [-0.1, -0.05) is 44.9 Å². The number of carbonyl (C=O) groups excluding carboxylic acids is 3. The van der Waals surface area contributed by atoms with Gasteiger partial charge >= 0.3 is 5.97 Å². The summed E-state index contributed by atoms with van der Waals surface area (Å²) >= 11 is 0. The number of ether oxygens (including phenoxy) is 1. The van der Waals surface area contributed by atoms with E-state index < -0.39 is 18.1 Å². The van der Waals surface area contributed by atoms with Crippen molar-refractivity contribution in [3.05, 3.63) is 35.4 Å². The van der Waals surface area contributed by atoms with E-state index in [1.54, 1.807) is 19.1 Å². The molecule has 0 spiro atoms. The highest BCUT2D eigenvalue weighted by atomic mass is 16.5. The van der Waals surface area contributed by atoms with Crippen molar-refractivity contribution in [2.45, 2.75) is 71.6 Å². The molecule has 1 aromatic carbocycles. The maximum atomic E-state index is 12.6. The number of benzene rings is 1. The van der Waals surface area contributed by atoms with Gasteiger partial charge in [-0.15, -0.1) is 0 Å². The Morgan fingerprint density at radius 3 is 2.30 bits per heavy atom. The zero-order valence-corrected chi connectivity index (χ0v) is 16.6. The monoisotopic (exact) mass is 374 g/mol. The number of amides is 2. The average Bonchev–Trinajstić information content (AvgIpc) is 3.12. The third-order valence-corrected chi connectivity index (χ3v) is 4.96. The molecule has 2 atom stereocenters. The summed E-state index contributed by atoms with van der Waals surface area (Å²) in [5.41, 5.74) is 1.35. The Labute approximate surface area is 161 Å². The molecule has 6 nitrogen and oxygen atoms in total. The number of nitrogens with one attached hydrogen (secondary N) is 2. The van der Waals surface area contributed by atoms with Crippen LogP contribution in [0, 0.1) is 12.8 Å². The molecule has 27 heavy (non-hydrogen) atoms. The third kappa shape index (κ3) is 5.81. The summed E-state index contributed by atoms with van der Waals surface area (Å²) < 4.78 is 5.35. The van der Waals surface area contributed by atoms with Gasteiger partial charge < -0.3 is 15.4 Å². The fraction of sp³-hybridized carbons (Fsp3) is 0.571. The highest BCUT2D eigenvalue weighted by Gasteiger charge is 2.30. The minimum absolute atomic E-state index is 0.167. The normalized spacial score (nSPS) is 16.6. The number of carbonyl (C=O) groups is 3. The predicted octanol–water partition coefficient (Wildman–Crippen LogP) is 2.74. The minimum Gasteiger partial charge on any atom is -0.451 e. The van der Waals surface area contributed by atoms with E-state index in [0.29, 0.717) is 5.56 Å². The second-order valence-corrected chi connectivity index (χ2v) is 7.58. The third-order valence-electron chi connectivity index (χ3n) is 4.96. The molecule has 1 aromatic rings. The molecule has 0 unspecified atom stereocenters. The quantitative estimate of drug-likeness (QED) is 0.719. The Kier molecular flexibility index (Phi) is 7.39. The first-order chi connectivity index (χ1) is 12.8. The Morgan fingerprint density at radius 1 is 1.07 bits per heavy atom. The fourth-order valence-corrected chi connectivity index (χ4v) is 3.23. The lowest BCUT2D eigenvalue weighted by Gasteiger charge is -2.24. The van der Waals surface area contributed by atoms with Gasteiger partial charge in [-0.25, -0.2) is 4.79 Å². The van der Waals surface area contributed by atoms with Crippen LogP contribution in [0.5, 0.6) is 0 Å². The molecule has 6 heteroatoms. The van der Waals surface area contributed by atoms with Gasteiger partial charge in [0.05, 0.1) is 0 Å². The fourth-order valence-electron chi connectivity index (χ4n) is 3.23. The van der Waals surface area contributed by atoms with Gasteiger partial charge in [-0.3, -0.25) is 9.59 Å². The SMILES string of the molecule is Cc1ccccc1C(=O)N[C@H](C(=O)O[C@@H](C)C(=O)NC1CCCC1)C(C)C. The Hall–Kier alpha value is -2.37. The van der Waals surface area contributed by atoms with E-state index in [1.807, 2.05) is 32.9 Å². The van der Waals surface area contributed by atoms with Crippen LogP contribution in [-0.2, 0) is 14.3 Å². The first-order valence-corrected chi connectivity index (χ1v) is 9.67. The van der Waals surface area contributed by atoms with E-state index >= 15 is 0 Å². The van der Waals surface area contributed by atoms with E-state index in [9.17, 15) is 14.4 Å². The second-order valence-electron chi connectivity index (χ2n) is 7.58. The van der Waals surface area contributed by atoms with Crippen LogP contribution in [0.2, 0.25) is 0 Å². The van der Waals surface area contributed by atoms with Gasteiger partial charge in [-0.05, 0) is 44.2 Å². The maximum absolute atomic E-state index is 12.6. The summed E-state index contributed by atoms with van der Waals surface area (Å²) in [6.07, 6.45) is 3.26. The van der Waals surface area contributed by atoms with Crippen molar-refractivity contribution >= 4 is 17.8 Å². The molecule has 2 amide bonds. The predicted molar refractivity (Wildman–Crippen MR) is 103 cm³/mol. The molecule has 2 N–H and O–H groups in total. The van der Waals surface area contributed by atoms with Crippen LogP contribution in [0.15, 0.2) is 24.3 Å². The lowest BCUT2D eigenvalue weighted by molar-refractivity contribution is -0.157. The average molecular weight is 374 g/mol. The number of esters is 1. The number of aryl methyl sites for hydroxylation is 1. The number of rotatable bonds is 7. The van der Waals surface area contributed by atoms with Crippen molar-refractivity contribution in [1.82, 2.24) is 10.6 Å². The van der Waals surface area contributed by atoms with Crippen LogP contribution < -0.4 is 10.6 Å². The summed E-state index contributed by atoms with van der Waals surface area (Å²) in [4.78, 5) is 37.3. The smallest absolute Gasteiger partial charge is 0.329 e. The van der Waals surface area contributed by atoms with Crippen molar-refractivity contribution in [2.24, 2.45) is 5.92 Å². The van der Waals surface area contributed by atoms with Crippen molar-refractivity contribution in [3.8, 4) is 0 Å². The molecular formula is C21H30N2O4. The summed E-state index contributed by atoms with van der Waals surface area (Å²) in [7, 11) is 0. The van der Waals surface area contributed by atoms with Crippen LogP contribution in [0.3, 0.4) is 0 Å². The molecular weight excluding hydrogens is 344 g/mol. The van der Waals surface area contributed by atoms with Gasteiger partial charge in [0.15, 0.2) is 6.10 Å². The van der Waals surface area contributed by atoms with Gasteiger partial charge in [0.25, 0.3) is 11.8 Å². The van der Waals surface area contributed by atoms with Crippen LogP contribution in [0.1, 0.15) is 62.4 Å². The van der Waals surface area contributed by atoms with Crippen LogP contribution in [0.25, 0.3) is 0 Å². The van der Waals surface area contributed by atoms with E-state index in [2.05, 4.69) is 10.6 Å². The van der Waals surface area contributed by atoms with Crippen LogP contribution >= 0.6 is 0 Å². The van der Waals surface area contributed by atoms with Gasteiger partial charge in [-0.2, -0.15) is 0 Å². The van der Waals surface area contributed by atoms with Crippen molar-refractivity contribution in [1.29, 1.82) is 0 Å². The molecule has 0 heterocycles. The number of hydrogen-bond acceptors (Lipinski definition) is 4. The lowest BCUT2D eigenvalue weighted by Crippen LogP contribution is -2.48. The lowest BCUT2D eigenvalue weighted by atomic mass is 10.0. The summed E-state index contributed by atoms with van der Waals surface area (Å²) in [5, 5.41) is 5.67. The van der Waals surface area contributed by atoms with E-state index in [1.165, 1.54) is 0 Å². The van der Waals surface area contributed by atoms with Crippen LogP contribution in [-0.4, -0.2) is 36.0 Å². The highest BCUT2D eigenvalue weighted by Crippen LogP contribution is 2.18. The molecule has 0 aromatic heterocycles. The van der Waals surface area contributed by atoms with E-state index in [-0.39, 0.29) is 23.8 Å². The maximum Gasteiger partial charge on any atom is 0.329 e. The van der Waals surface area contributed by atoms with Crippen molar-refractivity contribution in [2.75, 3.05) is 0 Å². The second kappa shape index (κ2) is 9.53. The van der Waals surface area contributed by atoms with Crippen molar-refractivity contribution < 1.29 is 19.1 Å². The Bertz CT molecular complexity index is 681. The molecule has 0 aliphatic heterocycles. The Balaban J connectivity index is 1.96. The summed E-state index contributed by atoms with van der Waals surface area (Å²) in [5.74, 6) is -1.38. The van der Waals surface area contributed by atoms with Gasteiger partial charge in [0.2, 0.25) is 0 Å². The number of hydrogen-bond donors (Lipinski definition) is 2. The molecule has 1 aliphatic rings. The van der Waals surface area contributed by atoms with Crippen molar-refractivity contribution in [3.63, 3.8) is 0 Å². The summed E-state index contributed by atoms with van der Waals surface area (Å²) in [6.45, 7) is 7.05. The topological polar surface area (TPSA) is 84.5 Å². The largest absolute Gasteiger partial charge is 0.451 e. The molecule has 1 saturated carbocycles. The standard InChI is InChI=1S/C21H30N2O4/c1-13(2)18(23-20(25)17-12-8-5-9-14(17)3)21(26)27-15(4)19(24)22-16-10-6-7-11-16/h5,8-9,12-13,15-16,18H,6-7,10-11H2,1-4H3,(H,22,24)(H,23,25)/t15-,18-/m0/s1.